The van der Waals surface area contributed by atoms with Gasteiger partial charge in [-0.15, -0.1) is 0 Å². The van der Waals surface area contributed by atoms with Crippen LogP contribution in [-0.4, -0.2) is 20.0 Å². The maximum absolute atomic E-state index is 12.2. The first kappa shape index (κ1) is 17.0. The van der Waals surface area contributed by atoms with E-state index in [9.17, 15) is 4.79 Å². The zero-order valence-electron chi connectivity index (χ0n) is 14.8. The third-order valence-electron chi connectivity index (χ3n) is 4.31. The molecule has 3 aromatic rings. The lowest BCUT2D eigenvalue weighted by atomic mass is 10.1. The Labute approximate surface area is 148 Å². The molecule has 1 N–H and O–H groups in total. The first-order valence-electron chi connectivity index (χ1n) is 8.76. The standard InChI is InChI=1S/C20H24N4O/c1-3-18-20(16-8-6-5-7-9-16)21-15-24(18)13-11-19(25)22-17-10-12-23(4-2)14-17/h5-10,12,14-15H,3-4,11,13H2,1-2H3,(H,22,25). The number of carbonyl (C=O) groups excluding carboxylic acids is 1. The summed E-state index contributed by atoms with van der Waals surface area (Å²) < 4.78 is 4.12. The highest BCUT2D eigenvalue weighted by Crippen LogP contribution is 2.22. The summed E-state index contributed by atoms with van der Waals surface area (Å²) in [6.45, 7) is 5.71. The van der Waals surface area contributed by atoms with E-state index in [1.807, 2.05) is 47.6 Å². The molecule has 1 aromatic carbocycles. The number of aromatic nitrogens is 3. The minimum Gasteiger partial charge on any atom is -0.352 e. The molecule has 0 saturated carbocycles. The highest BCUT2D eigenvalue weighted by molar-refractivity contribution is 5.90. The maximum atomic E-state index is 12.2. The molecule has 1 amide bonds. The number of aryl methyl sites for hydroxylation is 2. The number of imidazole rings is 1. The molecular formula is C20H24N4O. The van der Waals surface area contributed by atoms with Gasteiger partial charge in [0, 0.05) is 43.2 Å². The van der Waals surface area contributed by atoms with Gasteiger partial charge in [0.1, 0.15) is 0 Å². The van der Waals surface area contributed by atoms with Crippen molar-refractivity contribution < 1.29 is 4.79 Å². The molecule has 5 heteroatoms. The number of benzene rings is 1. The summed E-state index contributed by atoms with van der Waals surface area (Å²) in [6, 6.07) is 12.1. The molecule has 3 rings (SSSR count). The average molecular weight is 336 g/mol. The third kappa shape index (κ3) is 3.99. The summed E-state index contributed by atoms with van der Waals surface area (Å²) in [6.07, 6.45) is 7.05. The van der Waals surface area contributed by atoms with Crippen LogP contribution in [0, 0.1) is 0 Å². The van der Waals surface area contributed by atoms with Crippen LogP contribution in [-0.2, 0) is 24.3 Å². The van der Waals surface area contributed by atoms with Gasteiger partial charge in [-0.05, 0) is 19.4 Å². The monoisotopic (exact) mass is 336 g/mol. The summed E-state index contributed by atoms with van der Waals surface area (Å²) >= 11 is 0. The van der Waals surface area contributed by atoms with E-state index in [-0.39, 0.29) is 5.91 Å². The van der Waals surface area contributed by atoms with Crippen molar-refractivity contribution in [2.45, 2.75) is 39.8 Å². The Kier molecular flexibility index (Phi) is 5.33. The van der Waals surface area contributed by atoms with Crippen LogP contribution < -0.4 is 5.32 Å². The van der Waals surface area contributed by atoms with E-state index >= 15 is 0 Å². The van der Waals surface area contributed by atoms with E-state index in [0.29, 0.717) is 13.0 Å². The largest absolute Gasteiger partial charge is 0.352 e. The number of hydrogen-bond donors (Lipinski definition) is 1. The van der Waals surface area contributed by atoms with E-state index < -0.39 is 0 Å². The van der Waals surface area contributed by atoms with Crippen LogP contribution >= 0.6 is 0 Å². The fourth-order valence-corrected chi connectivity index (χ4v) is 2.96. The topological polar surface area (TPSA) is 51.9 Å². The average Bonchev–Trinajstić information content (AvgIpc) is 3.26. The Bertz CT molecular complexity index is 833. The summed E-state index contributed by atoms with van der Waals surface area (Å²) in [5, 5.41) is 2.95. The van der Waals surface area contributed by atoms with Gasteiger partial charge in [0.2, 0.25) is 5.91 Å². The van der Waals surface area contributed by atoms with Gasteiger partial charge in [0.15, 0.2) is 0 Å². The molecule has 0 aliphatic carbocycles. The van der Waals surface area contributed by atoms with Crippen molar-refractivity contribution in [3.63, 3.8) is 0 Å². The van der Waals surface area contributed by atoms with Crippen LogP contribution in [0.5, 0.6) is 0 Å². The van der Waals surface area contributed by atoms with Gasteiger partial charge in [-0.3, -0.25) is 4.79 Å². The Hall–Kier alpha value is -2.82. The second-order valence-electron chi connectivity index (χ2n) is 5.98. The summed E-state index contributed by atoms with van der Waals surface area (Å²) in [7, 11) is 0. The molecule has 0 unspecified atom stereocenters. The second-order valence-corrected chi connectivity index (χ2v) is 5.98. The molecule has 0 saturated heterocycles. The minimum atomic E-state index is 0.0193. The van der Waals surface area contributed by atoms with Gasteiger partial charge >= 0.3 is 0 Å². The molecule has 0 spiro atoms. The molecule has 0 radical (unpaired) electrons. The highest BCUT2D eigenvalue weighted by atomic mass is 16.1. The van der Waals surface area contributed by atoms with Crippen LogP contribution in [0.1, 0.15) is 26.0 Å². The number of anilines is 1. The van der Waals surface area contributed by atoms with Crippen LogP contribution in [0.25, 0.3) is 11.3 Å². The van der Waals surface area contributed by atoms with Gasteiger partial charge in [-0.2, -0.15) is 0 Å². The maximum Gasteiger partial charge on any atom is 0.226 e. The van der Waals surface area contributed by atoms with Gasteiger partial charge in [-0.25, -0.2) is 4.98 Å². The fraction of sp³-hybridized carbons (Fsp3) is 0.300. The smallest absolute Gasteiger partial charge is 0.226 e. The Balaban J connectivity index is 1.65. The lowest BCUT2D eigenvalue weighted by Gasteiger charge is -2.09. The molecule has 0 atom stereocenters. The van der Waals surface area contributed by atoms with Crippen molar-refractivity contribution in [3.05, 3.63) is 60.8 Å². The fourth-order valence-electron chi connectivity index (χ4n) is 2.96. The summed E-state index contributed by atoms with van der Waals surface area (Å²) in [5.41, 5.74) is 4.13. The Morgan fingerprint density at radius 1 is 1.16 bits per heavy atom. The molecule has 25 heavy (non-hydrogen) atoms. The number of carbonyl (C=O) groups is 1. The van der Waals surface area contributed by atoms with E-state index in [2.05, 4.69) is 40.8 Å². The molecule has 2 heterocycles. The molecule has 5 nitrogen and oxygen atoms in total. The predicted octanol–water partition coefficient (Wildman–Crippen LogP) is 3.96. The van der Waals surface area contributed by atoms with Gasteiger partial charge in [0.25, 0.3) is 0 Å². The second kappa shape index (κ2) is 7.83. The summed E-state index contributed by atoms with van der Waals surface area (Å²) in [4.78, 5) is 16.8. The molecule has 0 bridgehead atoms. The van der Waals surface area contributed by atoms with Gasteiger partial charge in [0.05, 0.1) is 17.7 Å². The predicted molar refractivity (Wildman–Crippen MR) is 100 cm³/mol. The highest BCUT2D eigenvalue weighted by Gasteiger charge is 2.12. The lowest BCUT2D eigenvalue weighted by molar-refractivity contribution is -0.116. The van der Waals surface area contributed by atoms with Crippen molar-refractivity contribution in [2.75, 3.05) is 5.32 Å². The van der Waals surface area contributed by atoms with E-state index in [4.69, 9.17) is 0 Å². The van der Waals surface area contributed by atoms with E-state index in [0.717, 1.165) is 35.6 Å². The first-order valence-corrected chi connectivity index (χ1v) is 8.76. The van der Waals surface area contributed by atoms with E-state index in [1.54, 1.807) is 0 Å². The lowest BCUT2D eigenvalue weighted by Crippen LogP contribution is -2.14. The first-order chi connectivity index (χ1) is 12.2. The molecule has 0 fully saturated rings. The van der Waals surface area contributed by atoms with Crippen molar-refractivity contribution in [1.29, 1.82) is 0 Å². The molecule has 2 aromatic heterocycles. The number of rotatable bonds is 7. The minimum absolute atomic E-state index is 0.0193. The van der Waals surface area contributed by atoms with Crippen molar-refractivity contribution in [2.24, 2.45) is 0 Å². The number of amides is 1. The quantitative estimate of drug-likeness (QED) is 0.710. The van der Waals surface area contributed by atoms with Gasteiger partial charge < -0.3 is 14.5 Å². The zero-order chi connectivity index (χ0) is 17.6. The normalized spacial score (nSPS) is 10.8. The molecular weight excluding hydrogens is 312 g/mol. The van der Waals surface area contributed by atoms with Crippen molar-refractivity contribution in [1.82, 2.24) is 14.1 Å². The van der Waals surface area contributed by atoms with Crippen LogP contribution in [0.4, 0.5) is 5.69 Å². The zero-order valence-corrected chi connectivity index (χ0v) is 14.8. The summed E-state index contributed by atoms with van der Waals surface area (Å²) in [5.74, 6) is 0.0193. The van der Waals surface area contributed by atoms with Crippen LogP contribution in [0.15, 0.2) is 55.1 Å². The van der Waals surface area contributed by atoms with Crippen molar-refractivity contribution in [3.8, 4) is 11.3 Å². The van der Waals surface area contributed by atoms with Crippen LogP contribution in [0.2, 0.25) is 0 Å². The Morgan fingerprint density at radius 3 is 2.64 bits per heavy atom. The van der Waals surface area contributed by atoms with E-state index in [1.165, 1.54) is 0 Å². The molecule has 130 valence electrons. The van der Waals surface area contributed by atoms with Crippen LogP contribution in [0.3, 0.4) is 0 Å². The number of nitrogens with one attached hydrogen (secondary N) is 1. The SMILES string of the molecule is CCc1c(-c2ccccc2)ncn1CCC(=O)Nc1ccn(CC)c1. The van der Waals surface area contributed by atoms with Crippen molar-refractivity contribution >= 4 is 11.6 Å². The third-order valence-corrected chi connectivity index (χ3v) is 4.31. The molecule has 0 aliphatic heterocycles. The Morgan fingerprint density at radius 2 is 1.96 bits per heavy atom. The van der Waals surface area contributed by atoms with Gasteiger partial charge in [-0.1, -0.05) is 37.3 Å². The number of hydrogen-bond acceptors (Lipinski definition) is 2. The number of nitrogens with zero attached hydrogens (tertiary/aromatic N) is 3. The molecule has 0 aliphatic rings.